The first-order valence-electron chi connectivity index (χ1n) is 6.41. The standard InChI is InChI=1S/C14H18N2O2/c1-2-3-4-5-6-12-10-16-9-11(14(17)18)7-8-13(16)15-12/h7-10H,2-6H2,1H3,(H,17,18). The minimum Gasteiger partial charge on any atom is -0.478 e. The minimum absolute atomic E-state index is 0.289. The number of carboxylic acids is 1. The lowest BCUT2D eigenvalue weighted by atomic mass is 10.1. The number of aromatic carboxylic acids is 1. The van der Waals surface area contributed by atoms with Crippen molar-refractivity contribution in [2.24, 2.45) is 0 Å². The van der Waals surface area contributed by atoms with Crippen molar-refractivity contribution in [3.63, 3.8) is 0 Å². The van der Waals surface area contributed by atoms with Crippen LogP contribution in [0.2, 0.25) is 0 Å². The molecular formula is C14H18N2O2. The van der Waals surface area contributed by atoms with E-state index in [1.165, 1.54) is 19.3 Å². The molecule has 2 aromatic heterocycles. The maximum Gasteiger partial charge on any atom is 0.337 e. The lowest BCUT2D eigenvalue weighted by molar-refractivity contribution is 0.0696. The molecule has 2 heterocycles. The van der Waals surface area contributed by atoms with E-state index in [2.05, 4.69) is 11.9 Å². The second-order valence-corrected chi connectivity index (χ2v) is 4.53. The molecule has 0 spiro atoms. The van der Waals surface area contributed by atoms with Gasteiger partial charge in [-0.2, -0.15) is 0 Å². The third-order valence-corrected chi connectivity index (χ3v) is 3.03. The van der Waals surface area contributed by atoms with Gasteiger partial charge in [-0.05, 0) is 25.0 Å². The van der Waals surface area contributed by atoms with Crippen molar-refractivity contribution in [1.29, 1.82) is 0 Å². The van der Waals surface area contributed by atoms with Gasteiger partial charge in [0.25, 0.3) is 0 Å². The van der Waals surface area contributed by atoms with Gasteiger partial charge in [0, 0.05) is 12.4 Å². The first kappa shape index (κ1) is 12.6. The number of carbonyl (C=O) groups is 1. The third-order valence-electron chi connectivity index (χ3n) is 3.03. The Hall–Kier alpha value is -1.84. The van der Waals surface area contributed by atoms with Crippen LogP contribution in [0, 0.1) is 0 Å². The summed E-state index contributed by atoms with van der Waals surface area (Å²) in [7, 11) is 0. The molecule has 2 rings (SSSR count). The van der Waals surface area contributed by atoms with E-state index in [4.69, 9.17) is 5.11 Å². The summed E-state index contributed by atoms with van der Waals surface area (Å²) in [6, 6.07) is 3.34. The van der Waals surface area contributed by atoms with E-state index in [-0.39, 0.29) is 5.56 Å². The molecule has 0 aliphatic carbocycles. The molecule has 2 aromatic rings. The van der Waals surface area contributed by atoms with Crippen molar-refractivity contribution in [2.75, 3.05) is 0 Å². The Morgan fingerprint density at radius 3 is 2.83 bits per heavy atom. The molecule has 0 unspecified atom stereocenters. The fraction of sp³-hybridized carbons (Fsp3) is 0.429. The first-order chi connectivity index (χ1) is 8.70. The highest BCUT2D eigenvalue weighted by Crippen LogP contribution is 2.11. The number of imidazole rings is 1. The van der Waals surface area contributed by atoms with Crippen LogP contribution in [0.25, 0.3) is 5.65 Å². The van der Waals surface area contributed by atoms with Crippen LogP contribution in [0.1, 0.15) is 48.7 Å². The highest BCUT2D eigenvalue weighted by Gasteiger charge is 2.06. The molecule has 0 atom stereocenters. The fourth-order valence-electron chi connectivity index (χ4n) is 2.02. The highest BCUT2D eigenvalue weighted by atomic mass is 16.4. The van der Waals surface area contributed by atoms with Crippen LogP contribution in [0.15, 0.2) is 24.5 Å². The molecule has 0 aromatic carbocycles. The number of hydrogen-bond donors (Lipinski definition) is 1. The summed E-state index contributed by atoms with van der Waals surface area (Å²) >= 11 is 0. The second-order valence-electron chi connectivity index (χ2n) is 4.53. The lowest BCUT2D eigenvalue weighted by Crippen LogP contribution is -1.97. The second kappa shape index (κ2) is 5.67. The van der Waals surface area contributed by atoms with E-state index in [0.717, 1.165) is 24.2 Å². The van der Waals surface area contributed by atoms with Crippen molar-refractivity contribution >= 4 is 11.6 Å². The van der Waals surface area contributed by atoms with Gasteiger partial charge in [-0.25, -0.2) is 9.78 Å². The van der Waals surface area contributed by atoms with E-state index in [9.17, 15) is 4.79 Å². The Balaban J connectivity index is 2.09. The van der Waals surface area contributed by atoms with Gasteiger partial charge in [0.15, 0.2) is 0 Å². The number of nitrogens with zero attached hydrogens (tertiary/aromatic N) is 2. The Labute approximate surface area is 106 Å². The number of fused-ring (bicyclic) bond motifs is 1. The van der Waals surface area contributed by atoms with Crippen LogP contribution >= 0.6 is 0 Å². The summed E-state index contributed by atoms with van der Waals surface area (Å²) < 4.78 is 1.79. The quantitative estimate of drug-likeness (QED) is 0.796. The summed E-state index contributed by atoms with van der Waals surface area (Å²) in [5, 5.41) is 8.92. The molecule has 18 heavy (non-hydrogen) atoms. The van der Waals surface area contributed by atoms with Gasteiger partial charge in [0.05, 0.1) is 11.3 Å². The van der Waals surface area contributed by atoms with Crippen LogP contribution in [0.4, 0.5) is 0 Å². The number of aryl methyl sites for hydroxylation is 1. The van der Waals surface area contributed by atoms with E-state index in [0.29, 0.717) is 0 Å². The summed E-state index contributed by atoms with van der Waals surface area (Å²) in [5.41, 5.74) is 2.14. The molecular weight excluding hydrogens is 228 g/mol. The molecule has 96 valence electrons. The van der Waals surface area contributed by atoms with Crippen molar-refractivity contribution in [3.05, 3.63) is 35.8 Å². The van der Waals surface area contributed by atoms with Crippen molar-refractivity contribution in [3.8, 4) is 0 Å². The van der Waals surface area contributed by atoms with E-state index >= 15 is 0 Å². The predicted octanol–water partition coefficient (Wildman–Crippen LogP) is 3.16. The number of carboxylic acid groups (broad SMARTS) is 1. The summed E-state index contributed by atoms with van der Waals surface area (Å²) in [5.74, 6) is -0.907. The Bertz CT molecular complexity index is 546. The molecule has 0 saturated heterocycles. The molecule has 0 aliphatic heterocycles. The van der Waals surface area contributed by atoms with Crippen molar-refractivity contribution in [2.45, 2.75) is 39.0 Å². The van der Waals surface area contributed by atoms with Gasteiger partial charge in [0.2, 0.25) is 0 Å². The molecule has 0 radical (unpaired) electrons. The van der Waals surface area contributed by atoms with Crippen LogP contribution in [-0.4, -0.2) is 20.5 Å². The van der Waals surface area contributed by atoms with Crippen LogP contribution in [-0.2, 0) is 6.42 Å². The largest absolute Gasteiger partial charge is 0.478 e. The SMILES string of the molecule is CCCCCCc1cn2cc(C(=O)O)ccc2n1. The van der Waals surface area contributed by atoms with Crippen molar-refractivity contribution in [1.82, 2.24) is 9.38 Å². The topological polar surface area (TPSA) is 54.6 Å². The molecule has 0 aliphatic rings. The zero-order chi connectivity index (χ0) is 13.0. The highest BCUT2D eigenvalue weighted by molar-refractivity contribution is 5.87. The normalized spacial score (nSPS) is 10.9. The molecule has 0 fully saturated rings. The van der Waals surface area contributed by atoms with Crippen molar-refractivity contribution < 1.29 is 9.90 Å². The van der Waals surface area contributed by atoms with Crippen LogP contribution in [0.5, 0.6) is 0 Å². The average Bonchev–Trinajstić information content (AvgIpc) is 2.76. The van der Waals surface area contributed by atoms with Gasteiger partial charge >= 0.3 is 5.97 Å². The Morgan fingerprint density at radius 1 is 1.28 bits per heavy atom. The number of pyridine rings is 1. The average molecular weight is 246 g/mol. The smallest absolute Gasteiger partial charge is 0.337 e. The molecule has 1 N–H and O–H groups in total. The van der Waals surface area contributed by atoms with Gasteiger partial charge in [-0.15, -0.1) is 0 Å². The Kier molecular flexibility index (Phi) is 3.97. The Morgan fingerprint density at radius 2 is 2.11 bits per heavy atom. The maximum atomic E-state index is 10.9. The van der Waals surface area contributed by atoms with Crippen LogP contribution < -0.4 is 0 Å². The number of unbranched alkanes of at least 4 members (excludes halogenated alkanes) is 3. The minimum atomic E-state index is -0.907. The summed E-state index contributed by atoms with van der Waals surface area (Å²) in [6.07, 6.45) is 9.36. The van der Waals surface area contributed by atoms with Gasteiger partial charge in [0.1, 0.15) is 5.65 Å². The molecule has 0 amide bonds. The molecule has 4 nitrogen and oxygen atoms in total. The van der Waals surface area contributed by atoms with E-state index in [1.807, 2.05) is 6.20 Å². The maximum absolute atomic E-state index is 10.9. The van der Waals surface area contributed by atoms with Gasteiger partial charge in [-0.1, -0.05) is 26.2 Å². The lowest BCUT2D eigenvalue weighted by Gasteiger charge is -1.95. The number of hydrogen-bond acceptors (Lipinski definition) is 2. The molecule has 4 heteroatoms. The summed E-state index contributed by atoms with van der Waals surface area (Å²) in [6.45, 7) is 2.19. The zero-order valence-corrected chi connectivity index (χ0v) is 10.6. The number of rotatable bonds is 6. The summed E-state index contributed by atoms with van der Waals surface area (Å²) in [4.78, 5) is 15.3. The van der Waals surface area contributed by atoms with E-state index < -0.39 is 5.97 Å². The van der Waals surface area contributed by atoms with E-state index in [1.54, 1.807) is 22.7 Å². The first-order valence-corrected chi connectivity index (χ1v) is 6.41. The predicted molar refractivity (Wildman–Crippen MR) is 70.0 cm³/mol. The fourth-order valence-corrected chi connectivity index (χ4v) is 2.02. The van der Waals surface area contributed by atoms with Gasteiger partial charge < -0.3 is 9.51 Å². The zero-order valence-electron chi connectivity index (χ0n) is 10.6. The molecule has 0 saturated carbocycles. The number of aromatic nitrogens is 2. The molecule has 0 bridgehead atoms. The van der Waals surface area contributed by atoms with Crippen LogP contribution in [0.3, 0.4) is 0 Å². The monoisotopic (exact) mass is 246 g/mol. The third kappa shape index (κ3) is 2.88. The van der Waals surface area contributed by atoms with Gasteiger partial charge in [-0.3, -0.25) is 0 Å².